The average Bonchev–Trinajstić information content (AvgIpc) is 2.27. The maximum Gasteiger partial charge on any atom is 0.102 e. The van der Waals surface area contributed by atoms with E-state index in [9.17, 15) is 0 Å². The van der Waals surface area contributed by atoms with Crippen LogP contribution in [0.5, 0.6) is 0 Å². The summed E-state index contributed by atoms with van der Waals surface area (Å²) in [6.07, 6.45) is 0. The Bertz CT molecular complexity index is 540. The van der Waals surface area contributed by atoms with Crippen molar-refractivity contribution in [2.45, 2.75) is 0 Å². The van der Waals surface area contributed by atoms with Crippen LogP contribution in [0.15, 0.2) is 10.5 Å². The fourth-order valence-electron chi connectivity index (χ4n) is 1.05. The van der Waals surface area contributed by atoms with E-state index in [-0.39, 0.29) is 26.7 Å². The molecule has 0 heterocycles. The molecule has 0 atom stereocenters. The summed E-state index contributed by atoms with van der Waals surface area (Å²) < 4.78 is 0.197. The zero-order valence-electron chi connectivity index (χ0n) is 7.24. The molecule has 0 aromatic heterocycles. The lowest BCUT2D eigenvalue weighted by Crippen LogP contribution is -1.94. The van der Waals surface area contributed by atoms with Crippen molar-refractivity contribution < 1.29 is 0 Å². The lowest BCUT2D eigenvalue weighted by molar-refractivity contribution is 1.35. The summed E-state index contributed by atoms with van der Waals surface area (Å²) in [7, 11) is 0. The summed E-state index contributed by atoms with van der Waals surface area (Å²) in [5.41, 5.74) is 0.320. The first kappa shape index (κ1) is 10.7. The van der Waals surface area contributed by atoms with E-state index in [0.29, 0.717) is 0 Å². The number of nitriles is 4. The second kappa shape index (κ2) is 4.25. The molecule has 1 aromatic carbocycles. The predicted octanol–water partition coefficient (Wildman–Crippen LogP) is 1.94. The summed E-state index contributed by atoms with van der Waals surface area (Å²) in [6, 6.07) is 8.46. The number of halogens is 1. The molecule has 0 bridgehead atoms. The van der Waals surface area contributed by atoms with Gasteiger partial charge in [-0.1, -0.05) is 0 Å². The minimum absolute atomic E-state index is 0.0769. The third-order valence-corrected chi connectivity index (χ3v) is 2.52. The molecule has 0 N–H and O–H groups in total. The topological polar surface area (TPSA) is 95.2 Å². The van der Waals surface area contributed by atoms with Gasteiger partial charge in [-0.2, -0.15) is 21.0 Å². The van der Waals surface area contributed by atoms with Crippen LogP contribution in [0, 0.1) is 45.3 Å². The second-order valence-electron chi connectivity index (χ2n) is 2.48. The van der Waals surface area contributed by atoms with Crippen molar-refractivity contribution >= 4 is 15.9 Å². The average molecular weight is 257 g/mol. The molecule has 0 fully saturated rings. The highest BCUT2D eigenvalue weighted by atomic mass is 79.9. The van der Waals surface area contributed by atoms with E-state index in [1.54, 1.807) is 12.1 Å². The van der Waals surface area contributed by atoms with Gasteiger partial charge in [-0.25, -0.2) is 0 Å². The van der Waals surface area contributed by atoms with Gasteiger partial charge in [0.1, 0.15) is 24.3 Å². The molecular formula is C10HBrN4. The fourth-order valence-corrected chi connectivity index (χ4v) is 1.65. The van der Waals surface area contributed by atoms with Crippen LogP contribution in [0.3, 0.4) is 0 Å². The van der Waals surface area contributed by atoms with Gasteiger partial charge in [-0.15, -0.1) is 0 Å². The van der Waals surface area contributed by atoms with Gasteiger partial charge in [0.25, 0.3) is 0 Å². The van der Waals surface area contributed by atoms with Crippen LogP contribution in [0.4, 0.5) is 0 Å². The molecule has 0 unspecified atom stereocenters. The van der Waals surface area contributed by atoms with Gasteiger partial charge >= 0.3 is 0 Å². The number of hydrogen-bond acceptors (Lipinski definition) is 4. The standard InChI is InChI=1S/C10HBrN4/c11-10-8(4-14)6(2-12)1-7(3-13)9(10)5-15/h1H. The minimum atomic E-state index is 0.0769. The highest BCUT2D eigenvalue weighted by Crippen LogP contribution is 2.26. The van der Waals surface area contributed by atoms with Crippen LogP contribution in [0.2, 0.25) is 0 Å². The van der Waals surface area contributed by atoms with Crippen molar-refractivity contribution in [3.05, 3.63) is 32.8 Å². The lowest BCUT2D eigenvalue weighted by atomic mass is 10.0. The van der Waals surface area contributed by atoms with Crippen molar-refractivity contribution in [1.82, 2.24) is 0 Å². The van der Waals surface area contributed by atoms with Gasteiger partial charge < -0.3 is 0 Å². The highest BCUT2D eigenvalue weighted by molar-refractivity contribution is 9.10. The Morgan fingerprint density at radius 1 is 0.800 bits per heavy atom. The van der Waals surface area contributed by atoms with Gasteiger partial charge in [-0.05, 0) is 22.0 Å². The van der Waals surface area contributed by atoms with E-state index in [2.05, 4.69) is 15.9 Å². The fraction of sp³-hybridized carbons (Fsp3) is 0. The van der Waals surface area contributed by atoms with Crippen molar-refractivity contribution in [2.24, 2.45) is 0 Å². The number of nitrogens with zero attached hydrogens (tertiary/aromatic N) is 4. The maximum atomic E-state index is 8.79. The second-order valence-corrected chi connectivity index (χ2v) is 3.28. The smallest absolute Gasteiger partial charge is 0.102 e. The van der Waals surface area contributed by atoms with Gasteiger partial charge in [-0.3, -0.25) is 0 Å². The molecule has 0 aliphatic carbocycles. The molecule has 0 saturated heterocycles. The van der Waals surface area contributed by atoms with Gasteiger partial charge in [0.15, 0.2) is 0 Å². The number of benzene rings is 1. The van der Waals surface area contributed by atoms with E-state index in [1.807, 2.05) is 12.1 Å². The molecule has 0 aliphatic heterocycles. The van der Waals surface area contributed by atoms with Gasteiger partial charge in [0, 0.05) is 0 Å². The first-order valence-corrected chi connectivity index (χ1v) is 4.45. The van der Waals surface area contributed by atoms with Crippen LogP contribution in [-0.2, 0) is 0 Å². The first-order chi connectivity index (χ1) is 7.19. The Kier molecular flexibility index (Phi) is 3.04. The molecule has 0 spiro atoms. The van der Waals surface area contributed by atoms with Crippen LogP contribution in [0.25, 0.3) is 0 Å². The highest BCUT2D eigenvalue weighted by Gasteiger charge is 2.15. The number of rotatable bonds is 0. The third kappa shape index (κ3) is 1.65. The number of hydrogen-bond donors (Lipinski definition) is 0. The van der Waals surface area contributed by atoms with E-state index in [0.717, 1.165) is 0 Å². The molecule has 4 nitrogen and oxygen atoms in total. The molecule has 15 heavy (non-hydrogen) atoms. The van der Waals surface area contributed by atoms with E-state index in [1.165, 1.54) is 6.07 Å². The third-order valence-electron chi connectivity index (χ3n) is 1.73. The first-order valence-electron chi connectivity index (χ1n) is 3.66. The zero-order chi connectivity index (χ0) is 11.4. The summed E-state index contributed by atoms with van der Waals surface area (Å²) in [5, 5.41) is 35.1. The van der Waals surface area contributed by atoms with Crippen LogP contribution >= 0.6 is 15.9 Å². The summed E-state index contributed by atoms with van der Waals surface area (Å²) >= 11 is 3.04. The molecule has 0 radical (unpaired) electrons. The van der Waals surface area contributed by atoms with Crippen LogP contribution in [0.1, 0.15) is 22.3 Å². The van der Waals surface area contributed by atoms with Crippen molar-refractivity contribution in [2.75, 3.05) is 0 Å². The Balaban J connectivity index is 3.80. The summed E-state index contributed by atoms with van der Waals surface area (Å²) in [5.74, 6) is 0. The lowest BCUT2D eigenvalue weighted by Gasteiger charge is -2.02. The molecular weight excluding hydrogens is 256 g/mol. The molecule has 0 aliphatic rings. The van der Waals surface area contributed by atoms with E-state index >= 15 is 0 Å². The summed E-state index contributed by atoms with van der Waals surface area (Å²) in [4.78, 5) is 0. The SMILES string of the molecule is N#Cc1cc(C#N)c(C#N)c(Br)c1C#N. The van der Waals surface area contributed by atoms with Crippen LogP contribution < -0.4 is 0 Å². The van der Waals surface area contributed by atoms with Gasteiger partial charge in [0.2, 0.25) is 0 Å². The van der Waals surface area contributed by atoms with Crippen molar-refractivity contribution in [1.29, 1.82) is 21.0 Å². The van der Waals surface area contributed by atoms with Gasteiger partial charge in [0.05, 0.1) is 26.7 Å². The molecule has 68 valence electrons. The Morgan fingerprint density at radius 3 is 1.47 bits per heavy atom. The van der Waals surface area contributed by atoms with Crippen molar-refractivity contribution in [3.63, 3.8) is 0 Å². The summed E-state index contributed by atoms with van der Waals surface area (Å²) in [6.45, 7) is 0. The maximum absolute atomic E-state index is 8.79. The minimum Gasteiger partial charge on any atom is -0.192 e. The predicted molar refractivity (Wildman–Crippen MR) is 53.0 cm³/mol. The Morgan fingerprint density at radius 2 is 1.20 bits per heavy atom. The zero-order valence-corrected chi connectivity index (χ0v) is 8.83. The van der Waals surface area contributed by atoms with E-state index < -0.39 is 0 Å². The molecule has 0 amide bonds. The quantitative estimate of drug-likeness (QED) is 0.709. The van der Waals surface area contributed by atoms with E-state index in [4.69, 9.17) is 21.0 Å². The Labute approximate surface area is 94.3 Å². The molecule has 0 saturated carbocycles. The molecule has 1 rings (SSSR count). The molecule has 5 heteroatoms. The van der Waals surface area contributed by atoms with Crippen LogP contribution in [-0.4, -0.2) is 0 Å². The Hall–Kier alpha value is -2.34. The largest absolute Gasteiger partial charge is 0.192 e. The monoisotopic (exact) mass is 256 g/mol. The van der Waals surface area contributed by atoms with Crippen molar-refractivity contribution in [3.8, 4) is 24.3 Å². The molecule has 1 aromatic rings. The normalized spacial score (nSPS) is 8.07.